The molecular weight excluding hydrogens is 350 g/mol. The van der Waals surface area contributed by atoms with Crippen LogP contribution < -0.4 is 5.32 Å². The molecule has 1 heterocycles. The molecule has 0 unspecified atom stereocenters. The predicted octanol–water partition coefficient (Wildman–Crippen LogP) is 2.58. The maximum absolute atomic E-state index is 12.3. The second kappa shape index (κ2) is 10.4. The Bertz CT molecular complexity index is 586. The van der Waals surface area contributed by atoms with Gasteiger partial charge < -0.3 is 15.0 Å². The van der Waals surface area contributed by atoms with E-state index in [2.05, 4.69) is 35.8 Å². The molecule has 1 N–H and O–H groups in total. The Kier molecular flexibility index (Phi) is 8.25. The summed E-state index contributed by atoms with van der Waals surface area (Å²) >= 11 is 1.72. The molecule has 0 aliphatic carbocycles. The largest absolute Gasteiger partial charge is 0.450 e. The van der Waals surface area contributed by atoms with E-state index in [1.807, 2.05) is 11.9 Å². The number of hydrogen-bond donors (Lipinski definition) is 1. The average Bonchev–Trinajstić information content (AvgIpc) is 2.63. The molecule has 1 aliphatic rings. The molecule has 1 aromatic carbocycles. The van der Waals surface area contributed by atoms with Crippen molar-refractivity contribution in [2.45, 2.75) is 37.2 Å². The maximum Gasteiger partial charge on any atom is 0.409 e. The summed E-state index contributed by atoms with van der Waals surface area (Å²) in [6.07, 6.45) is 3.34. The van der Waals surface area contributed by atoms with Crippen molar-refractivity contribution in [3.63, 3.8) is 0 Å². The highest BCUT2D eigenvalue weighted by molar-refractivity contribution is 7.98. The van der Waals surface area contributed by atoms with Crippen molar-refractivity contribution < 1.29 is 14.3 Å². The summed E-state index contributed by atoms with van der Waals surface area (Å²) in [5, 5.41) is 3.08. The fraction of sp³-hybridized carbons (Fsp3) is 0.579. The van der Waals surface area contributed by atoms with Crippen LogP contribution in [0, 0.1) is 0 Å². The number of likely N-dealkylation sites (N-methyl/N-ethyl adjacent to an activating group) is 1. The van der Waals surface area contributed by atoms with E-state index >= 15 is 0 Å². The SMILES string of the molecule is CCOC(=O)N1CCC(NC(=O)CN(C)Cc2ccc(SC)cc2)CC1. The second-order valence-corrected chi connectivity index (χ2v) is 7.43. The van der Waals surface area contributed by atoms with Gasteiger partial charge in [0.05, 0.1) is 13.2 Å². The van der Waals surface area contributed by atoms with Crippen LogP contribution in [-0.4, -0.2) is 67.4 Å². The Morgan fingerprint density at radius 1 is 1.27 bits per heavy atom. The van der Waals surface area contributed by atoms with E-state index in [0.29, 0.717) is 26.2 Å². The minimum absolute atomic E-state index is 0.0304. The fourth-order valence-electron chi connectivity index (χ4n) is 3.04. The summed E-state index contributed by atoms with van der Waals surface area (Å²) in [7, 11) is 1.95. The molecule has 1 saturated heterocycles. The summed E-state index contributed by atoms with van der Waals surface area (Å²) in [6, 6.07) is 8.54. The molecule has 2 rings (SSSR count). The first-order chi connectivity index (χ1) is 12.5. The molecule has 0 saturated carbocycles. The molecule has 26 heavy (non-hydrogen) atoms. The molecule has 7 heteroatoms. The van der Waals surface area contributed by atoms with Crippen molar-refractivity contribution in [1.82, 2.24) is 15.1 Å². The molecule has 0 spiro atoms. The first kappa shape index (κ1) is 20.6. The number of hydrogen-bond acceptors (Lipinski definition) is 5. The molecule has 0 atom stereocenters. The molecule has 6 nitrogen and oxygen atoms in total. The lowest BCUT2D eigenvalue weighted by Gasteiger charge is -2.32. The molecule has 1 fully saturated rings. The third-order valence-electron chi connectivity index (χ3n) is 4.41. The van der Waals surface area contributed by atoms with Crippen LogP contribution in [0.2, 0.25) is 0 Å². The van der Waals surface area contributed by atoms with Crippen molar-refractivity contribution in [3.8, 4) is 0 Å². The van der Waals surface area contributed by atoms with Gasteiger partial charge >= 0.3 is 6.09 Å². The second-order valence-electron chi connectivity index (χ2n) is 6.55. The van der Waals surface area contributed by atoms with E-state index < -0.39 is 0 Å². The van der Waals surface area contributed by atoms with E-state index in [1.165, 1.54) is 10.5 Å². The average molecular weight is 380 g/mol. The van der Waals surface area contributed by atoms with Crippen LogP contribution in [0.15, 0.2) is 29.2 Å². The maximum atomic E-state index is 12.3. The van der Waals surface area contributed by atoms with Crippen LogP contribution in [0.5, 0.6) is 0 Å². The zero-order chi connectivity index (χ0) is 18.9. The number of ether oxygens (including phenoxy) is 1. The number of piperidine rings is 1. The quantitative estimate of drug-likeness (QED) is 0.738. The summed E-state index contributed by atoms with van der Waals surface area (Å²) in [5.41, 5.74) is 1.20. The molecule has 0 radical (unpaired) electrons. The monoisotopic (exact) mass is 379 g/mol. The Hall–Kier alpha value is -1.73. The lowest BCUT2D eigenvalue weighted by molar-refractivity contribution is -0.123. The van der Waals surface area contributed by atoms with E-state index in [9.17, 15) is 9.59 Å². The number of amides is 2. The topological polar surface area (TPSA) is 61.9 Å². The van der Waals surface area contributed by atoms with Gasteiger partial charge in [0, 0.05) is 30.6 Å². The smallest absolute Gasteiger partial charge is 0.409 e. The number of thioether (sulfide) groups is 1. The van der Waals surface area contributed by atoms with Crippen molar-refractivity contribution in [3.05, 3.63) is 29.8 Å². The van der Waals surface area contributed by atoms with Gasteiger partial charge in [0.2, 0.25) is 5.91 Å². The number of rotatable bonds is 7. The lowest BCUT2D eigenvalue weighted by atomic mass is 10.1. The van der Waals surface area contributed by atoms with Gasteiger partial charge in [-0.1, -0.05) is 12.1 Å². The van der Waals surface area contributed by atoms with Gasteiger partial charge in [-0.2, -0.15) is 0 Å². The minimum Gasteiger partial charge on any atom is -0.450 e. The van der Waals surface area contributed by atoms with Crippen molar-refractivity contribution in [2.24, 2.45) is 0 Å². The van der Waals surface area contributed by atoms with E-state index in [4.69, 9.17) is 4.74 Å². The molecule has 0 aromatic heterocycles. The number of likely N-dealkylation sites (tertiary alicyclic amines) is 1. The van der Waals surface area contributed by atoms with Crippen LogP contribution in [0.4, 0.5) is 4.79 Å². The lowest BCUT2D eigenvalue weighted by Crippen LogP contribution is -2.48. The Morgan fingerprint density at radius 2 is 1.92 bits per heavy atom. The third-order valence-corrected chi connectivity index (χ3v) is 5.15. The number of carbonyl (C=O) groups excluding carboxylic acids is 2. The van der Waals surface area contributed by atoms with Crippen LogP contribution >= 0.6 is 11.8 Å². The third kappa shape index (κ3) is 6.53. The van der Waals surface area contributed by atoms with Gasteiger partial charge in [-0.3, -0.25) is 9.69 Å². The standard InChI is InChI=1S/C19H29N3O3S/c1-4-25-19(24)22-11-9-16(10-12-22)20-18(23)14-21(2)13-15-5-7-17(26-3)8-6-15/h5-8,16H,4,9-14H2,1-3H3,(H,20,23). The molecule has 1 aliphatic heterocycles. The molecule has 2 amide bonds. The van der Waals surface area contributed by atoms with Crippen LogP contribution in [0.25, 0.3) is 0 Å². The summed E-state index contributed by atoms with van der Waals surface area (Å²) < 4.78 is 5.01. The summed E-state index contributed by atoms with van der Waals surface area (Å²) in [4.78, 5) is 28.9. The van der Waals surface area contributed by atoms with Crippen LogP contribution in [0.1, 0.15) is 25.3 Å². The number of nitrogens with zero attached hydrogens (tertiary/aromatic N) is 2. The van der Waals surface area contributed by atoms with Gasteiger partial charge in [-0.05, 0) is 50.8 Å². The van der Waals surface area contributed by atoms with Gasteiger partial charge in [0.1, 0.15) is 0 Å². The highest BCUT2D eigenvalue weighted by atomic mass is 32.2. The van der Waals surface area contributed by atoms with E-state index in [-0.39, 0.29) is 18.0 Å². The number of nitrogens with one attached hydrogen (secondary N) is 1. The zero-order valence-electron chi connectivity index (χ0n) is 15.9. The molecule has 144 valence electrons. The van der Waals surface area contributed by atoms with Gasteiger partial charge in [-0.25, -0.2) is 4.79 Å². The normalized spacial score (nSPS) is 15.2. The molecule has 0 bridgehead atoms. The van der Waals surface area contributed by atoms with Gasteiger partial charge in [-0.15, -0.1) is 11.8 Å². The predicted molar refractivity (Wildman–Crippen MR) is 104 cm³/mol. The fourth-order valence-corrected chi connectivity index (χ4v) is 3.45. The van der Waals surface area contributed by atoms with Gasteiger partial charge in [0.15, 0.2) is 0 Å². The first-order valence-corrected chi connectivity index (χ1v) is 10.3. The summed E-state index contributed by atoms with van der Waals surface area (Å²) in [6.45, 7) is 4.55. The number of benzene rings is 1. The highest BCUT2D eigenvalue weighted by Crippen LogP contribution is 2.15. The zero-order valence-corrected chi connectivity index (χ0v) is 16.7. The Labute approximate surface area is 160 Å². The van der Waals surface area contributed by atoms with E-state index in [0.717, 1.165) is 19.4 Å². The minimum atomic E-state index is -0.260. The van der Waals surface area contributed by atoms with Crippen molar-refractivity contribution in [2.75, 3.05) is 39.5 Å². The van der Waals surface area contributed by atoms with E-state index in [1.54, 1.807) is 23.6 Å². The highest BCUT2D eigenvalue weighted by Gasteiger charge is 2.24. The molecule has 1 aromatic rings. The van der Waals surface area contributed by atoms with Crippen LogP contribution in [0.3, 0.4) is 0 Å². The Balaban J connectivity index is 1.70. The first-order valence-electron chi connectivity index (χ1n) is 9.04. The van der Waals surface area contributed by atoms with Crippen LogP contribution in [-0.2, 0) is 16.1 Å². The molecular formula is C19H29N3O3S. The number of carbonyl (C=O) groups is 2. The summed E-state index contributed by atoms with van der Waals surface area (Å²) in [5.74, 6) is 0.0304. The van der Waals surface area contributed by atoms with Gasteiger partial charge in [0.25, 0.3) is 0 Å². The van der Waals surface area contributed by atoms with Crippen molar-refractivity contribution in [1.29, 1.82) is 0 Å². The Morgan fingerprint density at radius 3 is 2.50 bits per heavy atom. The van der Waals surface area contributed by atoms with Crippen molar-refractivity contribution >= 4 is 23.8 Å².